The quantitative estimate of drug-likeness (QED) is 0.743. The summed E-state index contributed by atoms with van der Waals surface area (Å²) in [7, 11) is 0. The molecular formula is C15H19FNO2+. The van der Waals surface area contributed by atoms with E-state index in [1.54, 1.807) is 18.4 Å². The predicted octanol–water partition coefficient (Wildman–Crippen LogP) is 2.34. The number of halogens is 1. The Bertz CT molecular complexity index is 454. The van der Waals surface area contributed by atoms with E-state index < -0.39 is 0 Å². The average Bonchev–Trinajstić information content (AvgIpc) is 2.93. The zero-order chi connectivity index (χ0) is 13.3. The monoisotopic (exact) mass is 264 g/mol. The molecule has 0 radical (unpaired) electrons. The van der Waals surface area contributed by atoms with Crippen LogP contribution in [0.5, 0.6) is 5.75 Å². The van der Waals surface area contributed by atoms with Crippen molar-refractivity contribution >= 4 is 0 Å². The van der Waals surface area contributed by atoms with Crippen molar-refractivity contribution in [3.63, 3.8) is 0 Å². The fraction of sp³-hybridized carbons (Fsp3) is 0.333. The predicted molar refractivity (Wildman–Crippen MR) is 70.3 cm³/mol. The van der Waals surface area contributed by atoms with Gasteiger partial charge in [-0.2, -0.15) is 0 Å². The fourth-order valence-electron chi connectivity index (χ4n) is 1.78. The summed E-state index contributed by atoms with van der Waals surface area (Å²) in [5.41, 5.74) is 0. The molecule has 0 spiro atoms. The zero-order valence-electron chi connectivity index (χ0n) is 10.8. The summed E-state index contributed by atoms with van der Waals surface area (Å²) in [5.74, 6) is 1.49. The second kappa shape index (κ2) is 7.59. The molecule has 0 bridgehead atoms. The molecule has 2 aromatic rings. The van der Waals surface area contributed by atoms with Crippen LogP contribution in [0.3, 0.4) is 0 Å². The molecule has 0 atom stereocenters. The Labute approximate surface area is 112 Å². The molecule has 2 N–H and O–H groups in total. The number of benzene rings is 1. The van der Waals surface area contributed by atoms with Crippen LogP contribution in [0.25, 0.3) is 0 Å². The number of furan rings is 1. The van der Waals surface area contributed by atoms with E-state index in [1.165, 1.54) is 12.1 Å². The Hall–Kier alpha value is -1.81. The van der Waals surface area contributed by atoms with Crippen LogP contribution in [0.1, 0.15) is 18.6 Å². The van der Waals surface area contributed by atoms with Crippen LogP contribution in [-0.2, 0) is 6.54 Å². The molecule has 19 heavy (non-hydrogen) atoms. The van der Waals surface area contributed by atoms with Crippen molar-refractivity contribution in [2.75, 3.05) is 13.2 Å². The number of unbranched alkanes of at least 4 members (excludes halogenated alkanes) is 1. The minimum Gasteiger partial charge on any atom is -0.494 e. The molecule has 0 saturated carbocycles. The summed E-state index contributed by atoms with van der Waals surface area (Å²) in [5, 5.41) is 2.22. The highest BCUT2D eigenvalue weighted by atomic mass is 19.1. The van der Waals surface area contributed by atoms with Crippen LogP contribution in [0.2, 0.25) is 0 Å². The van der Waals surface area contributed by atoms with Crippen LogP contribution >= 0.6 is 0 Å². The Morgan fingerprint density at radius 1 is 1.11 bits per heavy atom. The van der Waals surface area contributed by atoms with Crippen molar-refractivity contribution in [1.82, 2.24) is 0 Å². The van der Waals surface area contributed by atoms with E-state index in [9.17, 15) is 4.39 Å². The molecule has 0 unspecified atom stereocenters. The first-order valence-electron chi connectivity index (χ1n) is 6.57. The lowest BCUT2D eigenvalue weighted by Crippen LogP contribution is -2.82. The molecule has 0 aliphatic heterocycles. The number of nitrogens with two attached hydrogens (primary N) is 1. The normalized spacial score (nSPS) is 10.6. The SMILES string of the molecule is Fc1ccc(OCCCC[NH2+]Cc2ccco2)cc1. The zero-order valence-corrected chi connectivity index (χ0v) is 10.8. The van der Waals surface area contributed by atoms with Gasteiger partial charge in [0.1, 0.15) is 18.1 Å². The van der Waals surface area contributed by atoms with Gasteiger partial charge in [-0.25, -0.2) is 4.39 Å². The Kier molecular flexibility index (Phi) is 5.44. The van der Waals surface area contributed by atoms with E-state index in [-0.39, 0.29) is 5.82 Å². The van der Waals surface area contributed by atoms with E-state index in [4.69, 9.17) is 9.15 Å². The standard InChI is InChI=1S/C15H18FNO2/c16-13-5-7-14(8-6-13)18-10-2-1-9-17-12-15-4-3-11-19-15/h3-8,11,17H,1-2,9-10,12H2/p+1. The van der Waals surface area contributed by atoms with Gasteiger partial charge in [0.05, 0.1) is 19.4 Å². The first-order valence-corrected chi connectivity index (χ1v) is 6.57. The summed E-state index contributed by atoms with van der Waals surface area (Å²) in [4.78, 5) is 0. The highest BCUT2D eigenvalue weighted by molar-refractivity contribution is 5.21. The second-order valence-electron chi connectivity index (χ2n) is 4.37. The topological polar surface area (TPSA) is 39.0 Å². The summed E-state index contributed by atoms with van der Waals surface area (Å²) in [6.45, 7) is 2.60. The molecule has 0 amide bonds. The molecular weight excluding hydrogens is 245 g/mol. The van der Waals surface area contributed by atoms with Crippen molar-refractivity contribution in [2.45, 2.75) is 19.4 Å². The molecule has 1 aromatic heterocycles. The maximum absolute atomic E-state index is 12.7. The van der Waals surface area contributed by atoms with E-state index in [0.717, 1.165) is 37.4 Å². The van der Waals surface area contributed by atoms with E-state index >= 15 is 0 Å². The fourth-order valence-corrected chi connectivity index (χ4v) is 1.78. The van der Waals surface area contributed by atoms with Crippen molar-refractivity contribution in [1.29, 1.82) is 0 Å². The molecule has 1 aromatic carbocycles. The highest BCUT2D eigenvalue weighted by Gasteiger charge is 1.98. The van der Waals surface area contributed by atoms with Gasteiger partial charge in [0, 0.05) is 0 Å². The molecule has 0 fully saturated rings. The van der Waals surface area contributed by atoms with Crippen LogP contribution in [0.15, 0.2) is 47.1 Å². The molecule has 2 rings (SSSR count). The summed E-state index contributed by atoms with van der Waals surface area (Å²) < 4.78 is 23.4. The number of hydrogen-bond donors (Lipinski definition) is 1. The van der Waals surface area contributed by atoms with Crippen molar-refractivity contribution in [3.8, 4) is 5.75 Å². The summed E-state index contributed by atoms with van der Waals surface area (Å²) in [6.07, 6.45) is 3.77. The minimum atomic E-state index is -0.236. The smallest absolute Gasteiger partial charge is 0.157 e. The van der Waals surface area contributed by atoms with Gasteiger partial charge in [0.15, 0.2) is 5.76 Å². The molecule has 0 aliphatic carbocycles. The van der Waals surface area contributed by atoms with Crippen molar-refractivity contribution in [2.24, 2.45) is 0 Å². The van der Waals surface area contributed by atoms with Crippen LogP contribution in [-0.4, -0.2) is 13.2 Å². The molecule has 0 aliphatic rings. The Morgan fingerprint density at radius 2 is 1.95 bits per heavy atom. The van der Waals surface area contributed by atoms with E-state index in [1.807, 2.05) is 12.1 Å². The number of hydrogen-bond acceptors (Lipinski definition) is 2. The molecule has 1 heterocycles. The van der Waals surface area contributed by atoms with Crippen molar-refractivity contribution in [3.05, 3.63) is 54.2 Å². The minimum absolute atomic E-state index is 0.236. The third-order valence-electron chi connectivity index (χ3n) is 2.81. The molecule has 0 saturated heterocycles. The molecule has 3 nitrogen and oxygen atoms in total. The first kappa shape index (κ1) is 13.6. The second-order valence-corrected chi connectivity index (χ2v) is 4.37. The molecule has 4 heteroatoms. The van der Waals surface area contributed by atoms with Crippen molar-refractivity contribution < 1.29 is 18.9 Å². The van der Waals surface area contributed by atoms with Gasteiger partial charge < -0.3 is 14.5 Å². The third kappa shape index (κ3) is 5.14. The summed E-state index contributed by atoms with van der Waals surface area (Å²) in [6, 6.07) is 10.0. The lowest BCUT2D eigenvalue weighted by atomic mass is 10.3. The largest absolute Gasteiger partial charge is 0.494 e. The summed E-state index contributed by atoms with van der Waals surface area (Å²) >= 11 is 0. The van der Waals surface area contributed by atoms with Gasteiger partial charge >= 0.3 is 0 Å². The lowest BCUT2D eigenvalue weighted by molar-refractivity contribution is -0.672. The lowest BCUT2D eigenvalue weighted by Gasteiger charge is -2.05. The number of ether oxygens (including phenoxy) is 1. The van der Waals surface area contributed by atoms with Crippen LogP contribution in [0.4, 0.5) is 4.39 Å². The average molecular weight is 264 g/mol. The Morgan fingerprint density at radius 3 is 2.68 bits per heavy atom. The maximum Gasteiger partial charge on any atom is 0.157 e. The Balaban J connectivity index is 1.49. The third-order valence-corrected chi connectivity index (χ3v) is 2.81. The number of rotatable bonds is 8. The van der Waals surface area contributed by atoms with Crippen LogP contribution in [0, 0.1) is 5.82 Å². The highest BCUT2D eigenvalue weighted by Crippen LogP contribution is 2.11. The number of quaternary nitrogens is 1. The van der Waals surface area contributed by atoms with Gasteiger partial charge in [-0.05, 0) is 49.2 Å². The van der Waals surface area contributed by atoms with Gasteiger partial charge in [-0.15, -0.1) is 0 Å². The van der Waals surface area contributed by atoms with E-state index in [0.29, 0.717) is 6.61 Å². The van der Waals surface area contributed by atoms with Crippen LogP contribution < -0.4 is 10.1 Å². The molecule has 102 valence electrons. The van der Waals surface area contributed by atoms with Gasteiger partial charge in [-0.3, -0.25) is 0 Å². The van der Waals surface area contributed by atoms with Gasteiger partial charge in [-0.1, -0.05) is 0 Å². The van der Waals surface area contributed by atoms with Gasteiger partial charge in [0.25, 0.3) is 0 Å². The van der Waals surface area contributed by atoms with E-state index in [2.05, 4.69) is 5.32 Å². The van der Waals surface area contributed by atoms with Gasteiger partial charge in [0.2, 0.25) is 0 Å². The first-order chi connectivity index (χ1) is 9.34. The maximum atomic E-state index is 12.7.